The standard InChI is InChI=1S/C9H6BrN3O4/c10-5-1-11-4-13(8(5)14)2-7-12-6(3-17-7)9(15)16/h1,3-4H,2H2,(H,15,16). The van der Waals surface area contributed by atoms with Crippen molar-refractivity contribution in [3.8, 4) is 0 Å². The molecule has 88 valence electrons. The van der Waals surface area contributed by atoms with Crippen LogP contribution >= 0.6 is 15.9 Å². The normalized spacial score (nSPS) is 10.4. The number of nitrogens with zero attached hydrogens (tertiary/aromatic N) is 3. The number of carboxylic acid groups (broad SMARTS) is 1. The minimum atomic E-state index is -1.18. The van der Waals surface area contributed by atoms with Crippen molar-refractivity contribution in [2.24, 2.45) is 0 Å². The third-order valence-electron chi connectivity index (χ3n) is 1.94. The quantitative estimate of drug-likeness (QED) is 0.897. The van der Waals surface area contributed by atoms with E-state index in [1.165, 1.54) is 17.1 Å². The van der Waals surface area contributed by atoms with E-state index in [0.717, 1.165) is 6.26 Å². The molecule has 0 aliphatic carbocycles. The van der Waals surface area contributed by atoms with Gasteiger partial charge in [-0.25, -0.2) is 14.8 Å². The number of carbonyl (C=O) groups is 1. The van der Waals surface area contributed by atoms with Gasteiger partial charge in [-0.15, -0.1) is 0 Å². The smallest absolute Gasteiger partial charge is 0.357 e. The molecule has 0 aromatic carbocycles. The molecule has 0 amide bonds. The maximum absolute atomic E-state index is 11.6. The summed E-state index contributed by atoms with van der Waals surface area (Å²) in [5.41, 5.74) is -0.494. The first-order valence-electron chi connectivity index (χ1n) is 4.45. The predicted molar refractivity (Wildman–Crippen MR) is 58.8 cm³/mol. The average Bonchev–Trinajstić information content (AvgIpc) is 2.73. The molecule has 0 fully saturated rings. The highest BCUT2D eigenvalue weighted by molar-refractivity contribution is 9.10. The number of rotatable bonds is 3. The molecule has 0 saturated carbocycles. The molecule has 2 aromatic rings. The number of aromatic nitrogens is 3. The van der Waals surface area contributed by atoms with Crippen LogP contribution in [0.2, 0.25) is 0 Å². The summed E-state index contributed by atoms with van der Waals surface area (Å²) in [6.45, 7) is 0.0263. The zero-order valence-electron chi connectivity index (χ0n) is 8.33. The first-order valence-corrected chi connectivity index (χ1v) is 5.25. The van der Waals surface area contributed by atoms with E-state index in [1.54, 1.807) is 0 Å². The monoisotopic (exact) mass is 299 g/mol. The Labute approximate surface area is 103 Å². The Balaban J connectivity index is 2.28. The molecule has 2 heterocycles. The van der Waals surface area contributed by atoms with E-state index in [4.69, 9.17) is 9.52 Å². The molecule has 0 aliphatic heterocycles. The van der Waals surface area contributed by atoms with Crippen LogP contribution in [0.5, 0.6) is 0 Å². The number of hydrogen-bond donors (Lipinski definition) is 1. The van der Waals surface area contributed by atoms with Gasteiger partial charge in [0.1, 0.15) is 17.3 Å². The fraction of sp³-hybridized carbons (Fsp3) is 0.111. The van der Waals surface area contributed by atoms with E-state index in [9.17, 15) is 9.59 Å². The van der Waals surface area contributed by atoms with Crippen molar-refractivity contribution in [2.45, 2.75) is 6.54 Å². The molecule has 7 nitrogen and oxygen atoms in total. The van der Waals surface area contributed by atoms with Crippen LogP contribution < -0.4 is 5.56 Å². The number of carboxylic acids is 1. The fourth-order valence-electron chi connectivity index (χ4n) is 1.16. The second-order valence-corrected chi connectivity index (χ2v) is 3.96. The predicted octanol–water partition coefficient (Wildman–Crippen LogP) is 0.740. The Bertz CT molecular complexity index is 619. The van der Waals surface area contributed by atoms with Crippen LogP contribution in [0.3, 0.4) is 0 Å². The van der Waals surface area contributed by atoms with Gasteiger partial charge in [0.2, 0.25) is 5.89 Å². The molecule has 0 bridgehead atoms. The van der Waals surface area contributed by atoms with Gasteiger partial charge in [0, 0.05) is 6.20 Å². The summed E-state index contributed by atoms with van der Waals surface area (Å²) in [4.78, 5) is 29.7. The van der Waals surface area contributed by atoms with Gasteiger partial charge >= 0.3 is 5.97 Å². The van der Waals surface area contributed by atoms with Gasteiger partial charge in [-0.1, -0.05) is 0 Å². The number of hydrogen-bond acceptors (Lipinski definition) is 5. The van der Waals surface area contributed by atoms with Crippen molar-refractivity contribution in [3.05, 3.63) is 45.2 Å². The van der Waals surface area contributed by atoms with E-state index in [-0.39, 0.29) is 23.7 Å². The van der Waals surface area contributed by atoms with Crippen LogP contribution in [0, 0.1) is 0 Å². The number of aromatic carboxylic acids is 1. The van der Waals surface area contributed by atoms with Gasteiger partial charge in [0.25, 0.3) is 5.56 Å². The SMILES string of the molecule is O=C(O)c1coc(Cn2cncc(Br)c2=O)n1. The first kappa shape index (κ1) is 11.5. The molecular formula is C9H6BrN3O4. The van der Waals surface area contributed by atoms with Gasteiger partial charge in [-0.3, -0.25) is 9.36 Å². The van der Waals surface area contributed by atoms with Crippen LogP contribution in [0.25, 0.3) is 0 Å². The largest absolute Gasteiger partial charge is 0.476 e. The Morgan fingerprint density at radius 3 is 3.00 bits per heavy atom. The third-order valence-corrected chi connectivity index (χ3v) is 2.48. The van der Waals surface area contributed by atoms with Crippen LogP contribution in [0.15, 0.2) is 32.5 Å². The zero-order valence-corrected chi connectivity index (χ0v) is 9.92. The number of oxazole rings is 1. The molecule has 8 heteroatoms. The van der Waals surface area contributed by atoms with Crippen molar-refractivity contribution in [3.63, 3.8) is 0 Å². The summed E-state index contributed by atoms with van der Waals surface area (Å²) in [6.07, 6.45) is 3.71. The lowest BCUT2D eigenvalue weighted by Gasteiger charge is -2.00. The summed E-state index contributed by atoms with van der Waals surface area (Å²) in [5.74, 6) is -1.05. The minimum Gasteiger partial charge on any atom is -0.476 e. The maximum atomic E-state index is 11.6. The molecule has 0 spiro atoms. The zero-order chi connectivity index (χ0) is 12.4. The molecular weight excluding hydrogens is 294 g/mol. The molecule has 0 unspecified atom stereocenters. The molecule has 17 heavy (non-hydrogen) atoms. The topological polar surface area (TPSA) is 98.2 Å². The van der Waals surface area contributed by atoms with Crippen molar-refractivity contribution in [1.82, 2.24) is 14.5 Å². The van der Waals surface area contributed by atoms with Gasteiger partial charge in [0.15, 0.2) is 5.69 Å². The molecule has 0 atom stereocenters. The van der Waals surface area contributed by atoms with Crippen LogP contribution in [0.1, 0.15) is 16.4 Å². The Hall–Kier alpha value is -1.96. The van der Waals surface area contributed by atoms with Crippen LogP contribution in [0.4, 0.5) is 0 Å². The molecule has 0 aliphatic rings. The fourth-order valence-corrected chi connectivity index (χ4v) is 1.51. The molecule has 2 rings (SSSR count). The van der Waals surface area contributed by atoms with Crippen molar-refractivity contribution >= 4 is 21.9 Å². The summed E-state index contributed by atoms with van der Waals surface area (Å²) in [6, 6.07) is 0. The third kappa shape index (κ3) is 2.41. The second kappa shape index (κ2) is 4.50. The van der Waals surface area contributed by atoms with Gasteiger partial charge < -0.3 is 9.52 Å². The highest BCUT2D eigenvalue weighted by Crippen LogP contribution is 2.04. The summed E-state index contributed by atoms with van der Waals surface area (Å²) in [5, 5.41) is 8.65. The lowest BCUT2D eigenvalue weighted by molar-refractivity contribution is 0.0690. The Morgan fingerprint density at radius 1 is 1.59 bits per heavy atom. The van der Waals surface area contributed by atoms with Crippen LogP contribution in [-0.2, 0) is 6.54 Å². The van der Waals surface area contributed by atoms with Crippen molar-refractivity contribution in [1.29, 1.82) is 0 Å². The lowest BCUT2D eigenvalue weighted by Crippen LogP contribution is -2.21. The Kier molecular flexibility index (Phi) is 3.05. The minimum absolute atomic E-state index is 0.0263. The summed E-state index contributed by atoms with van der Waals surface area (Å²) < 4.78 is 6.49. The maximum Gasteiger partial charge on any atom is 0.357 e. The summed E-state index contributed by atoms with van der Waals surface area (Å²) in [7, 11) is 0. The number of halogens is 1. The van der Waals surface area contributed by atoms with E-state index in [2.05, 4.69) is 25.9 Å². The van der Waals surface area contributed by atoms with Gasteiger partial charge in [0.05, 0.1) is 6.33 Å². The first-order chi connectivity index (χ1) is 8.08. The summed E-state index contributed by atoms with van der Waals surface area (Å²) >= 11 is 3.05. The molecule has 0 radical (unpaired) electrons. The van der Waals surface area contributed by atoms with E-state index >= 15 is 0 Å². The second-order valence-electron chi connectivity index (χ2n) is 3.11. The highest BCUT2D eigenvalue weighted by atomic mass is 79.9. The van der Waals surface area contributed by atoms with Crippen molar-refractivity contribution < 1.29 is 14.3 Å². The van der Waals surface area contributed by atoms with E-state index in [0.29, 0.717) is 4.47 Å². The van der Waals surface area contributed by atoms with Gasteiger partial charge in [-0.2, -0.15) is 0 Å². The van der Waals surface area contributed by atoms with Crippen LogP contribution in [-0.4, -0.2) is 25.6 Å². The van der Waals surface area contributed by atoms with E-state index in [1.807, 2.05) is 0 Å². The van der Waals surface area contributed by atoms with Gasteiger partial charge in [-0.05, 0) is 15.9 Å². The lowest BCUT2D eigenvalue weighted by atomic mass is 10.5. The molecule has 2 aromatic heterocycles. The van der Waals surface area contributed by atoms with Crippen molar-refractivity contribution in [2.75, 3.05) is 0 Å². The molecule has 1 N–H and O–H groups in total. The molecule has 0 saturated heterocycles. The highest BCUT2D eigenvalue weighted by Gasteiger charge is 2.11. The average molecular weight is 300 g/mol. The van der Waals surface area contributed by atoms with E-state index < -0.39 is 5.97 Å². The Morgan fingerprint density at radius 2 is 2.35 bits per heavy atom.